The van der Waals surface area contributed by atoms with Gasteiger partial charge in [0.05, 0.1) is 0 Å². The van der Waals surface area contributed by atoms with Crippen LogP contribution in [-0.2, 0) is 11.3 Å². The van der Waals surface area contributed by atoms with Crippen molar-refractivity contribution in [2.24, 2.45) is 0 Å². The van der Waals surface area contributed by atoms with Crippen LogP contribution in [-0.4, -0.2) is 5.91 Å². The highest BCUT2D eigenvalue weighted by Crippen LogP contribution is 1.95. The summed E-state index contributed by atoms with van der Waals surface area (Å²) in [5.74, 6) is -0.124. The average Bonchev–Trinajstić information content (AvgIpc) is 2.14. The Bertz CT molecular complexity index is 261. The van der Waals surface area contributed by atoms with Crippen LogP contribution in [0.25, 0.3) is 0 Å². The highest BCUT2D eigenvalue weighted by atomic mass is 16.2. The third-order valence-corrected chi connectivity index (χ3v) is 1.46. The fourth-order valence-electron chi connectivity index (χ4n) is 0.874. The van der Waals surface area contributed by atoms with Gasteiger partial charge in [-0.05, 0) is 5.56 Å². The highest BCUT2D eigenvalue weighted by Gasteiger charge is 1.89. The Morgan fingerprint density at radius 2 is 2.00 bits per heavy atom. The lowest BCUT2D eigenvalue weighted by Crippen LogP contribution is -2.45. The van der Waals surface area contributed by atoms with Crippen molar-refractivity contribution in [2.45, 2.75) is 13.5 Å². The van der Waals surface area contributed by atoms with E-state index in [1.165, 1.54) is 6.92 Å². The maximum absolute atomic E-state index is 10.4. The number of hydrogen-bond acceptors (Lipinski definition) is 3. The molecular weight excluding hydrogens is 166 g/mol. The number of rotatable bonds is 4. The minimum absolute atomic E-state index is 0.124. The van der Waals surface area contributed by atoms with Gasteiger partial charge in [-0.2, -0.15) is 5.53 Å². The second-order valence-electron chi connectivity index (χ2n) is 2.65. The molecule has 0 saturated heterocycles. The Labute approximate surface area is 77.3 Å². The molecule has 0 saturated carbocycles. The molecule has 0 aliphatic heterocycles. The molecule has 0 heterocycles. The van der Waals surface area contributed by atoms with E-state index in [2.05, 4.69) is 16.4 Å². The van der Waals surface area contributed by atoms with Gasteiger partial charge < -0.3 is 0 Å². The Hall–Kier alpha value is -1.39. The number of carbonyl (C=O) groups is 1. The van der Waals surface area contributed by atoms with E-state index in [0.717, 1.165) is 5.56 Å². The first-order valence-electron chi connectivity index (χ1n) is 4.07. The van der Waals surface area contributed by atoms with Gasteiger partial charge in [0.15, 0.2) is 0 Å². The van der Waals surface area contributed by atoms with Gasteiger partial charge in [-0.1, -0.05) is 30.3 Å². The molecule has 70 valence electrons. The van der Waals surface area contributed by atoms with Crippen molar-refractivity contribution >= 4 is 5.91 Å². The zero-order valence-electron chi connectivity index (χ0n) is 7.50. The SMILES string of the molecule is CC(=O)NNNCc1ccccc1. The zero-order chi connectivity index (χ0) is 9.52. The minimum Gasteiger partial charge on any atom is -0.278 e. The predicted molar refractivity (Wildman–Crippen MR) is 50.2 cm³/mol. The average molecular weight is 179 g/mol. The molecular formula is C9H13N3O. The van der Waals surface area contributed by atoms with Crippen LogP contribution in [0.2, 0.25) is 0 Å². The first-order chi connectivity index (χ1) is 6.29. The zero-order valence-corrected chi connectivity index (χ0v) is 7.50. The van der Waals surface area contributed by atoms with Crippen LogP contribution in [0.5, 0.6) is 0 Å². The van der Waals surface area contributed by atoms with E-state index >= 15 is 0 Å². The van der Waals surface area contributed by atoms with E-state index in [-0.39, 0.29) is 5.91 Å². The van der Waals surface area contributed by atoms with Gasteiger partial charge >= 0.3 is 0 Å². The lowest BCUT2D eigenvalue weighted by molar-refractivity contribution is -0.120. The molecule has 1 rings (SSSR count). The molecule has 3 N–H and O–H groups in total. The number of benzene rings is 1. The molecule has 0 radical (unpaired) electrons. The first kappa shape index (κ1) is 9.70. The smallest absolute Gasteiger partial charge is 0.232 e. The van der Waals surface area contributed by atoms with E-state index in [1.54, 1.807) is 0 Å². The standard InChI is InChI=1S/C9H13N3O/c1-8(13)11-12-10-7-9-5-3-2-4-6-9/h2-6,10,12H,7H2,1H3,(H,11,13). The molecule has 1 amide bonds. The molecule has 13 heavy (non-hydrogen) atoms. The molecule has 0 bridgehead atoms. The third-order valence-electron chi connectivity index (χ3n) is 1.46. The topological polar surface area (TPSA) is 53.2 Å². The first-order valence-corrected chi connectivity index (χ1v) is 4.07. The van der Waals surface area contributed by atoms with Gasteiger partial charge in [-0.25, -0.2) is 5.43 Å². The van der Waals surface area contributed by atoms with Crippen LogP contribution < -0.4 is 16.4 Å². The van der Waals surface area contributed by atoms with Crippen LogP contribution in [0.3, 0.4) is 0 Å². The Morgan fingerprint density at radius 1 is 1.31 bits per heavy atom. The maximum atomic E-state index is 10.4. The molecule has 0 aliphatic carbocycles. The Balaban J connectivity index is 2.17. The number of hydrazine groups is 2. The summed E-state index contributed by atoms with van der Waals surface area (Å²) < 4.78 is 0. The van der Waals surface area contributed by atoms with Crippen LogP contribution in [0.4, 0.5) is 0 Å². The largest absolute Gasteiger partial charge is 0.278 e. The van der Waals surface area contributed by atoms with Gasteiger partial charge in [0.2, 0.25) is 5.91 Å². The molecule has 4 heteroatoms. The number of carbonyl (C=O) groups excluding carboxylic acids is 1. The summed E-state index contributed by atoms with van der Waals surface area (Å²) in [6.07, 6.45) is 0. The second-order valence-corrected chi connectivity index (χ2v) is 2.65. The van der Waals surface area contributed by atoms with Crippen molar-refractivity contribution in [2.75, 3.05) is 0 Å². The van der Waals surface area contributed by atoms with Gasteiger partial charge in [0, 0.05) is 13.5 Å². The number of nitrogens with one attached hydrogen (secondary N) is 3. The summed E-state index contributed by atoms with van der Waals surface area (Å²) in [6.45, 7) is 2.11. The summed E-state index contributed by atoms with van der Waals surface area (Å²) in [5, 5.41) is 0. The molecule has 0 fully saturated rings. The summed E-state index contributed by atoms with van der Waals surface area (Å²) in [6, 6.07) is 9.90. The van der Waals surface area contributed by atoms with Crippen molar-refractivity contribution in [3.63, 3.8) is 0 Å². The highest BCUT2D eigenvalue weighted by molar-refractivity contribution is 5.72. The summed E-state index contributed by atoms with van der Waals surface area (Å²) in [5.41, 5.74) is 9.00. The van der Waals surface area contributed by atoms with Crippen LogP contribution >= 0.6 is 0 Å². The van der Waals surface area contributed by atoms with E-state index in [0.29, 0.717) is 6.54 Å². The fourth-order valence-corrected chi connectivity index (χ4v) is 0.874. The molecule has 0 aliphatic rings. The summed E-state index contributed by atoms with van der Waals surface area (Å²) in [7, 11) is 0. The van der Waals surface area contributed by atoms with Crippen LogP contribution in [0, 0.1) is 0 Å². The quantitative estimate of drug-likeness (QED) is 0.461. The molecule has 0 aromatic heterocycles. The molecule has 4 nitrogen and oxygen atoms in total. The lowest BCUT2D eigenvalue weighted by atomic mass is 10.2. The molecule has 0 atom stereocenters. The normalized spacial score (nSPS) is 9.62. The Kier molecular flexibility index (Phi) is 3.95. The minimum atomic E-state index is -0.124. The van der Waals surface area contributed by atoms with Crippen molar-refractivity contribution in [1.82, 2.24) is 16.4 Å². The third kappa shape index (κ3) is 4.25. The van der Waals surface area contributed by atoms with Gasteiger partial charge in [0.1, 0.15) is 0 Å². The summed E-state index contributed by atoms with van der Waals surface area (Å²) >= 11 is 0. The van der Waals surface area contributed by atoms with Crippen LogP contribution in [0.1, 0.15) is 12.5 Å². The molecule has 1 aromatic rings. The molecule has 0 unspecified atom stereocenters. The Morgan fingerprint density at radius 3 is 2.62 bits per heavy atom. The number of hydrogen-bond donors (Lipinski definition) is 3. The fraction of sp³-hybridized carbons (Fsp3) is 0.222. The van der Waals surface area contributed by atoms with Crippen LogP contribution in [0.15, 0.2) is 30.3 Å². The van der Waals surface area contributed by atoms with E-state index in [4.69, 9.17) is 0 Å². The van der Waals surface area contributed by atoms with Crippen molar-refractivity contribution < 1.29 is 4.79 Å². The van der Waals surface area contributed by atoms with Gasteiger partial charge in [-0.3, -0.25) is 10.2 Å². The monoisotopic (exact) mass is 179 g/mol. The van der Waals surface area contributed by atoms with Crippen molar-refractivity contribution in [3.05, 3.63) is 35.9 Å². The maximum Gasteiger partial charge on any atom is 0.232 e. The lowest BCUT2D eigenvalue weighted by Gasteiger charge is -2.06. The van der Waals surface area contributed by atoms with E-state index in [9.17, 15) is 4.79 Å². The van der Waals surface area contributed by atoms with E-state index < -0.39 is 0 Å². The van der Waals surface area contributed by atoms with Gasteiger partial charge in [0.25, 0.3) is 0 Å². The summed E-state index contributed by atoms with van der Waals surface area (Å²) in [4.78, 5) is 10.4. The van der Waals surface area contributed by atoms with Gasteiger partial charge in [-0.15, -0.1) is 0 Å². The van der Waals surface area contributed by atoms with Crippen molar-refractivity contribution in [1.29, 1.82) is 0 Å². The predicted octanol–water partition coefficient (Wildman–Crippen LogP) is 0.332. The van der Waals surface area contributed by atoms with Crippen molar-refractivity contribution in [3.8, 4) is 0 Å². The van der Waals surface area contributed by atoms with E-state index in [1.807, 2.05) is 30.3 Å². The molecule has 1 aromatic carbocycles. The molecule has 0 spiro atoms. The number of amides is 1. The second kappa shape index (κ2) is 5.29.